The van der Waals surface area contributed by atoms with Crippen LogP contribution < -0.4 is 5.32 Å². The van der Waals surface area contributed by atoms with Gasteiger partial charge in [0, 0.05) is 12.6 Å². The molecule has 2 rings (SSSR count). The first-order valence-electron chi connectivity index (χ1n) is 6.88. The van der Waals surface area contributed by atoms with Crippen molar-refractivity contribution in [2.45, 2.75) is 57.4 Å². The number of hydrogen-bond donors (Lipinski definition) is 1. The SMILES string of the molecule is O=C1CNCCCCN1C1CCCCCC1. The molecule has 0 bridgehead atoms. The van der Waals surface area contributed by atoms with E-state index in [9.17, 15) is 4.79 Å². The second-order valence-electron chi connectivity index (χ2n) is 5.12. The quantitative estimate of drug-likeness (QED) is 0.690. The zero-order valence-corrected chi connectivity index (χ0v) is 10.2. The van der Waals surface area contributed by atoms with Crippen molar-refractivity contribution in [3.05, 3.63) is 0 Å². The Kier molecular flexibility index (Phi) is 4.64. The predicted octanol–water partition coefficient (Wildman–Crippen LogP) is 1.92. The molecule has 1 saturated carbocycles. The van der Waals surface area contributed by atoms with E-state index in [0.29, 0.717) is 18.5 Å². The molecular formula is C13H24N2O. The third-order valence-electron chi connectivity index (χ3n) is 3.86. The molecule has 0 aromatic carbocycles. The molecule has 0 atom stereocenters. The Morgan fingerprint density at radius 3 is 2.50 bits per heavy atom. The zero-order chi connectivity index (χ0) is 11.2. The lowest BCUT2D eigenvalue weighted by atomic mass is 10.1. The van der Waals surface area contributed by atoms with Gasteiger partial charge in [-0.3, -0.25) is 4.79 Å². The van der Waals surface area contributed by atoms with Crippen molar-refractivity contribution < 1.29 is 4.79 Å². The second-order valence-corrected chi connectivity index (χ2v) is 5.12. The van der Waals surface area contributed by atoms with Gasteiger partial charge >= 0.3 is 0 Å². The lowest BCUT2D eigenvalue weighted by Crippen LogP contribution is -2.46. The maximum atomic E-state index is 12.0. The summed E-state index contributed by atoms with van der Waals surface area (Å²) >= 11 is 0. The summed E-state index contributed by atoms with van der Waals surface area (Å²) in [5.41, 5.74) is 0. The largest absolute Gasteiger partial charge is 0.339 e. The third kappa shape index (κ3) is 3.21. The van der Waals surface area contributed by atoms with Crippen LogP contribution in [0.1, 0.15) is 51.4 Å². The zero-order valence-electron chi connectivity index (χ0n) is 10.2. The molecule has 92 valence electrons. The minimum absolute atomic E-state index is 0.326. The molecule has 1 amide bonds. The number of carbonyl (C=O) groups excluding carboxylic acids is 1. The maximum absolute atomic E-state index is 12.0. The van der Waals surface area contributed by atoms with E-state index in [1.54, 1.807) is 0 Å². The van der Waals surface area contributed by atoms with E-state index in [0.717, 1.165) is 19.5 Å². The van der Waals surface area contributed by atoms with Crippen LogP contribution in [0.25, 0.3) is 0 Å². The van der Waals surface area contributed by atoms with E-state index < -0.39 is 0 Å². The van der Waals surface area contributed by atoms with E-state index in [-0.39, 0.29) is 0 Å². The fraction of sp³-hybridized carbons (Fsp3) is 0.923. The van der Waals surface area contributed by atoms with Crippen molar-refractivity contribution >= 4 is 5.91 Å². The summed E-state index contributed by atoms with van der Waals surface area (Å²) in [5, 5.41) is 3.23. The van der Waals surface area contributed by atoms with Crippen LogP contribution in [0.15, 0.2) is 0 Å². The second kappa shape index (κ2) is 6.24. The van der Waals surface area contributed by atoms with Crippen LogP contribution in [0.2, 0.25) is 0 Å². The summed E-state index contributed by atoms with van der Waals surface area (Å²) in [6.45, 7) is 2.55. The first kappa shape index (κ1) is 11.9. The average molecular weight is 224 g/mol. The molecule has 1 aliphatic heterocycles. The number of nitrogens with zero attached hydrogens (tertiary/aromatic N) is 1. The lowest BCUT2D eigenvalue weighted by molar-refractivity contribution is -0.133. The summed E-state index contributed by atoms with van der Waals surface area (Å²) in [6.07, 6.45) is 10.2. The van der Waals surface area contributed by atoms with Gasteiger partial charge in [0.1, 0.15) is 0 Å². The summed E-state index contributed by atoms with van der Waals surface area (Å²) in [5.74, 6) is 0.326. The molecule has 1 saturated heterocycles. The number of amides is 1. The normalized spacial score (nSPS) is 26.0. The first-order chi connectivity index (χ1) is 7.88. The topological polar surface area (TPSA) is 32.3 Å². The lowest BCUT2D eigenvalue weighted by Gasteiger charge is -2.32. The molecule has 3 heteroatoms. The van der Waals surface area contributed by atoms with Crippen molar-refractivity contribution in [3.63, 3.8) is 0 Å². The predicted molar refractivity (Wildman–Crippen MR) is 65.3 cm³/mol. The van der Waals surface area contributed by atoms with Gasteiger partial charge in [0.25, 0.3) is 0 Å². The van der Waals surface area contributed by atoms with Crippen LogP contribution in [0.5, 0.6) is 0 Å². The Morgan fingerprint density at radius 1 is 1.00 bits per heavy atom. The maximum Gasteiger partial charge on any atom is 0.236 e. The first-order valence-corrected chi connectivity index (χ1v) is 6.88. The van der Waals surface area contributed by atoms with Gasteiger partial charge in [0.05, 0.1) is 6.54 Å². The fourth-order valence-corrected chi connectivity index (χ4v) is 2.91. The summed E-state index contributed by atoms with van der Waals surface area (Å²) in [4.78, 5) is 14.2. The molecule has 16 heavy (non-hydrogen) atoms. The van der Waals surface area contributed by atoms with E-state index in [4.69, 9.17) is 0 Å². The molecule has 0 aromatic rings. The molecule has 0 unspecified atom stereocenters. The van der Waals surface area contributed by atoms with Crippen LogP contribution in [0.3, 0.4) is 0 Å². The highest BCUT2D eigenvalue weighted by Crippen LogP contribution is 2.22. The van der Waals surface area contributed by atoms with Crippen molar-refractivity contribution in [1.82, 2.24) is 10.2 Å². The highest BCUT2D eigenvalue weighted by Gasteiger charge is 2.24. The van der Waals surface area contributed by atoms with Gasteiger partial charge < -0.3 is 10.2 Å². The van der Waals surface area contributed by atoms with E-state index in [2.05, 4.69) is 10.2 Å². The molecule has 1 heterocycles. The summed E-state index contributed by atoms with van der Waals surface area (Å²) in [7, 11) is 0. The summed E-state index contributed by atoms with van der Waals surface area (Å²) in [6, 6.07) is 0.537. The van der Waals surface area contributed by atoms with E-state index in [1.807, 2.05) is 0 Å². The molecule has 2 aliphatic rings. The highest BCUT2D eigenvalue weighted by molar-refractivity contribution is 5.78. The number of hydrogen-bond acceptors (Lipinski definition) is 2. The minimum Gasteiger partial charge on any atom is -0.339 e. The average Bonchev–Trinajstić information content (AvgIpc) is 2.53. The van der Waals surface area contributed by atoms with Gasteiger partial charge in [0.15, 0.2) is 0 Å². The summed E-state index contributed by atoms with van der Waals surface area (Å²) < 4.78 is 0. The Morgan fingerprint density at radius 2 is 1.75 bits per heavy atom. The van der Waals surface area contributed by atoms with Gasteiger partial charge in [-0.1, -0.05) is 25.7 Å². The fourth-order valence-electron chi connectivity index (χ4n) is 2.91. The monoisotopic (exact) mass is 224 g/mol. The van der Waals surface area contributed by atoms with Crippen molar-refractivity contribution in [3.8, 4) is 0 Å². The smallest absolute Gasteiger partial charge is 0.236 e. The van der Waals surface area contributed by atoms with Crippen LogP contribution >= 0.6 is 0 Å². The van der Waals surface area contributed by atoms with Gasteiger partial charge in [0.2, 0.25) is 5.91 Å². The van der Waals surface area contributed by atoms with Gasteiger partial charge in [-0.25, -0.2) is 0 Å². The number of nitrogens with one attached hydrogen (secondary N) is 1. The van der Waals surface area contributed by atoms with Crippen LogP contribution in [-0.4, -0.2) is 36.5 Å². The standard InChI is InChI=1S/C13H24N2O/c16-13-11-14-9-5-6-10-15(13)12-7-3-1-2-4-8-12/h12,14H,1-11H2. The van der Waals surface area contributed by atoms with Gasteiger partial charge in [-0.2, -0.15) is 0 Å². The molecule has 1 aliphatic carbocycles. The molecule has 0 spiro atoms. The van der Waals surface area contributed by atoms with Gasteiger partial charge in [-0.05, 0) is 32.2 Å². The number of carbonyl (C=O) groups is 1. The highest BCUT2D eigenvalue weighted by atomic mass is 16.2. The van der Waals surface area contributed by atoms with Gasteiger partial charge in [-0.15, -0.1) is 0 Å². The van der Waals surface area contributed by atoms with Crippen LogP contribution in [0.4, 0.5) is 0 Å². The molecule has 1 N–H and O–H groups in total. The third-order valence-corrected chi connectivity index (χ3v) is 3.86. The van der Waals surface area contributed by atoms with E-state index in [1.165, 1.54) is 44.9 Å². The van der Waals surface area contributed by atoms with Crippen LogP contribution in [0, 0.1) is 0 Å². The molecule has 3 nitrogen and oxygen atoms in total. The van der Waals surface area contributed by atoms with Crippen molar-refractivity contribution in [2.24, 2.45) is 0 Å². The Hall–Kier alpha value is -0.570. The molecule has 0 radical (unpaired) electrons. The van der Waals surface area contributed by atoms with Crippen LogP contribution in [-0.2, 0) is 4.79 Å². The Balaban J connectivity index is 1.94. The number of rotatable bonds is 1. The minimum atomic E-state index is 0.326. The Labute approximate surface area is 98.6 Å². The Bertz CT molecular complexity index is 222. The molecule has 2 fully saturated rings. The van der Waals surface area contributed by atoms with E-state index >= 15 is 0 Å². The van der Waals surface area contributed by atoms with Crippen molar-refractivity contribution in [1.29, 1.82) is 0 Å². The van der Waals surface area contributed by atoms with Crippen molar-refractivity contribution in [2.75, 3.05) is 19.6 Å². The molecule has 0 aromatic heterocycles. The molecular weight excluding hydrogens is 200 g/mol.